The van der Waals surface area contributed by atoms with Crippen LogP contribution >= 0.6 is 0 Å². The highest BCUT2D eigenvalue weighted by atomic mass is 32.2. The number of ether oxygens (including phenoxy) is 1. The van der Waals surface area contributed by atoms with Crippen LogP contribution in [0.25, 0.3) is 0 Å². The summed E-state index contributed by atoms with van der Waals surface area (Å²) in [4.78, 5) is 29.4. The van der Waals surface area contributed by atoms with Crippen molar-refractivity contribution in [2.24, 2.45) is 5.92 Å². The van der Waals surface area contributed by atoms with Crippen LogP contribution in [0, 0.1) is 5.92 Å². The minimum Gasteiger partial charge on any atom is -0.406 e. The highest BCUT2D eigenvalue weighted by Crippen LogP contribution is 2.36. The SMILES string of the molecule is O=C1CS(=O)(=O)c2ccc(CC(=O)N(CC3CC3)[C@H](CN3CC[C@@H](O)C3)c3cccc(OC(F)(F)F)c3)cc2N1. The Hall–Kier alpha value is -3.16. The summed E-state index contributed by atoms with van der Waals surface area (Å²) in [7, 11) is -3.77. The molecule has 1 aliphatic carbocycles. The number of nitrogens with one attached hydrogen (secondary N) is 1. The van der Waals surface area contributed by atoms with E-state index < -0.39 is 40.0 Å². The second-order valence-electron chi connectivity index (χ2n) is 10.6. The molecule has 0 unspecified atom stereocenters. The Labute approximate surface area is 229 Å². The molecule has 3 aliphatic rings. The van der Waals surface area contributed by atoms with Crippen molar-refractivity contribution in [2.75, 3.05) is 37.2 Å². The number of halogens is 3. The fourth-order valence-corrected chi connectivity index (χ4v) is 6.57. The number of rotatable bonds is 9. The molecule has 216 valence electrons. The quantitative estimate of drug-likeness (QED) is 0.468. The molecule has 1 saturated heterocycles. The highest BCUT2D eigenvalue weighted by Gasteiger charge is 2.36. The van der Waals surface area contributed by atoms with Crippen molar-refractivity contribution in [1.29, 1.82) is 0 Å². The zero-order valence-corrected chi connectivity index (χ0v) is 22.4. The Morgan fingerprint density at radius 2 is 1.95 bits per heavy atom. The van der Waals surface area contributed by atoms with E-state index in [0.717, 1.165) is 12.8 Å². The maximum Gasteiger partial charge on any atom is 0.573 e. The van der Waals surface area contributed by atoms with Crippen molar-refractivity contribution in [1.82, 2.24) is 9.80 Å². The fourth-order valence-electron chi connectivity index (χ4n) is 5.28. The van der Waals surface area contributed by atoms with E-state index in [1.807, 2.05) is 4.90 Å². The number of fused-ring (bicyclic) bond motifs is 1. The van der Waals surface area contributed by atoms with E-state index in [-0.39, 0.29) is 34.6 Å². The summed E-state index contributed by atoms with van der Waals surface area (Å²) >= 11 is 0. The number of likely N-dealkylation sites (tertiary alicyclic amines) is 1. The van der Waals surface area contributed by atoms with Crippen molar-refractivity contribution in [3.63, 3.8) is 0 Å². The molecule has 2 aromatic carbocycles. The number of sulfone groups is 1. The lowest BCUT2D eigenvalue weighted by atomic mass is 10.0. The Bertz CT molecular complexity index is 1400. The molecule has 1 saturated carbocycles. The van der Waals surface area contributed by atoms with Crippen LogP contribution in [0.15, 0.2) is 47.4 Å². The molecule has 5 rings (SSSR count). The first kappa shape index (κ1) is 28.4. The van der Waals surface area contributed by atoms with E-state index in [4.69, 9.17) is 0 Å². The number of alkyl halides is 3. The number of amides is 2. The van der Waals surface area contributed by atoms with E-state index in [1.54, 1.807) is 11.0 Å². The first-order valence-corrected chi connectivity index (χ1v) is 14.7. The minimum atomic E-state index is -4.87. The molecule has 2 N–H and O–H groups in total. The smallest absolute Gasteiger partial charge is 0.406 e. The van der Waals surface area contributed by atoms with Gasteiger partial charge in [-0.15, -0.1) is 13.2 Å². The van der Waals surface area contributed by atoms with Gasteiger partial charge in [-0.3, -0.25) is 14.5 Å². The molecule has 0 aromatic heterocycles. The van der Waals surface area contributed by atoms with Gasteiger partial charge in [0.05, 0.1) is 29.1 Å². The fraction of sp³-hybridized carbons (Fsp3) is 0.481. The van der Waals surface area contributed by atoms with Gasteiger partial charge in [0.1, 0.15) is 11.5 Å². The molecule has 2 aromatic rings. The van der Waals surface area contributed by atoms with Crippen LogP contribution < -0.4 is 10.1 Å². The van der Waals surface area contributed by atoms with E-state index in [9.17, 15) is 36.3 Å². The Morgan fingerprint density at radius 1 is 1.18 bits per heavy atom. The molecule has 2 amide bonds. The number of nitrogens with zero attached hydrogens (tertiary/aromatic N) is 2. The van der Waals surface area contributed by atoms with Crippen molar-refractivity contribution >= 4 is 27.3 Å². The van der Waals surface area contributed by atoms with E-state index in [0.29, 0.717) is 43.7 Å². The van der Waals surface area contributed by atoms with Crippen molar-refractivity contribution in [2.45, 2.75) is 49.1 Å². The van der Waals surface area contributed by atoms with Crippen molar-refractivity contribution < 1.29 is 41.0 Å². The molecule has 2 atom stereocenters. The Kier molecular flexibility index (Phi) is 7.81. The van der Waals surface area contributed by atoms with Crippen LogP contribution in [-0.4, -0.2) is 79.5 Å². The lowest BCUT2D eigenvalue weighted by molar-refractivity contribution is -0.274. The first-order chi connectivity index (χ1) is 18.9. The largest absolute Gasteiger partial charge is 0.573 e. The van der Waals surface area contributed by atoms with Gasteiger partial charge < -0.3 is 20.1 Å². The second-order valence-corrected chi connectivity index (χ2v) is 12.6. The van der Waals surface area contributed by atoms with Gasteiger partial charge in [-0.2, -0.15) is 0 Å². The number of hydrogen-bond donors (Lipinski definition) is 2. The molecular weight excluding hydrogens is 551 g/mol. The monoisotopic (exact) mass is 581 g/mol. The molecule has 2 aliphatic heterocycles. The van der Waals surface area contributed by atoms with Crippen LogP contribution in [0.2, 0.25) is 0 Å². The van der Waals surface area contributed by atoms with Gasteiger partial charge in [-0.05, 0) is 60.6 Å². The maximum absolute atomic E-state index is 13.8. The normalized spacial score (nSPS) is 21.4. The number of aliphatic hydroxyl groups excluding tert-OH is 1. The Balaban J connectivity index is 1.45. The number of anilines is 1. The summed E-state index contributed by atoms with van der Waals surface area (Å²) < 4.78 is 67.8. The molecule has 2 fully saturated rings. The zero-order chi connectivity index (χ0) is 28.7. The molecule has 0 spiro atoms. The van der Waals surface area contributed by atoms with Gasteiger partial charge in [-0.25, -0.2) is 8.42 Å². The van der Waals surface area contributed by atoms with Gasteiger partial charge >= 0.3 is 6.36 Å². The number of carbonyl (C=O) groups excluding carboxylic acids is 2. The van der Waals surface area contributed by atoms with Gasteiger partial charge in [0.15, 0.2) is 9.84 Å². The summed E-state index contributed by atoms with van der Waals surface area (Å²) in [5, 5.41) is 12.6. The number of benzene rings is 2. The maximum atomic E-state index is 13.8. The predicted octanol–water partition coefficient (Wildman–Crippen LogP) is 2.90. The standard InChI is InChI=1S/C27H30F3N3O6S/c28-27(29,30)39-21-3-1-2-19(12-21)23(15-32-9-8-20(34)14-32)33(13-17-4-5-17)26(36)11-18-6-7-24-22(10-18)31-25(35)16-40(24,37)38/h1-3,6-7,10,12,17,20,23,34H,4-5,8-9,11,13-16H2,(H,31,35)/t20-,23-/m1/s1. The van der Waals surface area contributed by atoms with E-state index >= 15 is 0 Å². The third-order valence-electron chi connectivity index (χ3n) is 7.33. The minimum absolute atomic E-state index is 0.00918. The number of hydrogen-bond acceptors (Lipinski definition) is 7. The van der Waals surface area contributed by atoms with Gasteiger partial charge in [0, 0.05) is 26.2 Å². The van der Waals surface area contributed by atoms with Crippen molar-refractivity contribution in [3.05, 3.63) is 53.6 Å². The zero-order valence-electron chi connectivity index (χ0n) is 21.6. The van der Waals surface area contributed by atoms with Gasteiger partial charge in [0.25, 0.3) is 0 Å². The molecule has 0 bridgehead atoms. The van der Waals surface area contributed by atoms with Crippen molar-refractivity contribution in [3.8, 4) is 5.75 Å². The molecule has 13 heteroatoms. The van der Waals surface area contributed by atoms with E-state index in [2.05, 4.69) is 10.1 Å². The number of β-amino-alcohol motifs (C(OH)–C–C–N with tert-alkyl or cyclic N) is 1. The highest BCUT2D eigenvalue weighted by molar-refractivity contribution is 7.92. The summed E-state index contributed by atoms with van der Waals surface area (Å²) in [5.41, 5.74) is 1.09. The molecule has 0 radical (unpaired) electrons. The number of aliphatic hydroxyl groups is 1. The molecular formula is C27H30F3N3O6S. The molecule has 40 heavy (non-hydrogen) atoms. The van der Waals surface area contributed by atoms with Gasteiger partial charge in [-0.1, -0.05) is 18.2 Å². The summed E-state index contributed by atoms with van der Waals surface area (Å²) in [6.45, 7) is 1.68. The molecule has 9 nitrogen and oxygen atoms in total. The first-order valence-electron chi connectivity index (χ1n) is 13.1. The van der Waals surface area contributed by atoms with E-state index in [1.165, 1.54) is 36.4 Å². The summed E-state index contributed by atoms with van der Waals surface area (Å²) in [6.07, 6.45) is -3.07. The predicted molar refractivity (Wildman–Crippen MR) is 138 cm³/mol. The van der Waals surface area contributed by atoms with Crippen LogP contribution in [0.1, 0.15) is 36.4 Å². The lowest BCUT2D eigenvalue weighted by Gasteiger charge is -2.35. The lowest BCUT2D eigenvalue weighted by Crippen LogP contribution is -2.43. The number of carbonyl (C=O) groups is 2. The van der Waals surface area contributed by atoms with Crippen LogP contribution in [0.4, 0.5) is 18.9 Å². The van der Waals surface area contributed by atoms with Crippen LogP contribution in [-0.2, 0) is 25.8 Å². The van der Waals surface area contributed by atoms with Crippen LogP contribution in [0.5, 0.6) is 5.75 Å². The third kappa shape index (κ3) is 6.94. The summed E-state index contributed by atoms with van der Waals surface area (Å²) in [6, 6.07) is 9.37. The average molecular weight is 582 g/mol. The molecule has 2 heterocycles. The Morgan fingerprint density at radius 3 is 2.62 bits per heavy atom. The second kappa shape index (κ2) is 11.0. The third-order valence-corrected chi connectivity index (χ3v) is 9.00. The van der Waals surface area contributed by atoms with Gasteiger partial charge in [0.2, 0.25) is 11.8 Å². The topological polar surface area (TPSA) is 116 Å². The van der Waals surface area contributed by atoms with Crippen LogP contribution in [0.3, 0.4) is 0 Å². The summed E-state index contributed by atoms with van der Waals surface area (Å²) in [5.74, 6) is -1.71. The average Bonchev–Trinajstić information content (AvgIpc) is 3.58.